The molecule has 6 heteroatoms. The Morgan fingerprint density at radius 1 is 1.39 bits per heavy atom. The summed E-state index contributed by atoms with van der Waals surface area (Å²) in [7, 11) is 1.65. The zero-order valence-electron chi connectivity index (χ0n) is 10.6. The lowest BCUT2D eigenvalue weighted by atomic mass is 10.0. The van der Waals surface area contributed by atoms with Crippen LogP contribution in [0.2, 0.25) is 0 Å². The summed E-state index contributed by atoms with van der Waals surface area (Å²) in [6, 6.07) is 5.86. The number of hydrogen-bond donors (Lipinski definition) is 2. The number of hydrogen-bond acceptors (Lipinski definition) is 6. The van der Waals surface area contributed by atoms with Crippen molar-refractivity contribution in [2.75, 3.05) is 7.11 Å². The Hall–Kier alpha value is -1.50. The number of nitrogens with zero attached hydrogens (tertiary/aromatic N) is 2. The standard InChI is InChI=1S/C12H16N4OS/c1-7-4-5-10(17-3)9(6-7)11(14-13)12-8(2)15-16-18-12/h4-6,11,14H,13H2,1-3H3. The molecule has 18 heavy (non-hydrogen) atoms. The largest absolute Gasteiger partial charge is 0.496 e. The Morgan fingerprint density at radius 2 is 2.17 bits per heavy atom. The summed E-state index contributed by atoms with van der Waals surface area (Å²) >= 11 is 1.34. The first-order valence-electron chi connectivity index (χ1n) is 5.57. The van der Waals surface area contributed by atoms with E-state index < -0.39 is 0 Å². The van der Waals surface area contributed by atoms with E-state index >= 15 is 0 Å². The van der Waals surface area contributed by atoms with Gasteiger partial charge in [0.2, 0.25) is 0 Å². The summed E-state index contributed by atoms with van der Waals surface area (Å²) in [6.45, 7) is 3.96. The van der Waals surface area contributed by atoms with E-state index in [0.29, 0.717) is 0 Å². The van der Waals surface area contributed by atoms with Gasteiger partial charge in [-0.3, -0.25) is 5.84 Å². The number of nitrogens with one attached hydrogen (secondary N) is 1. The van der Waals surface area contributed by atoms with Crippen molar-refractivity contribution in [1.29, 1.82) is 0 Å². The van der Waals surface area contributed by atoms with E-state index in [2.05, 4.69) is 21.1 Å². The van der Waals surface area contributed by atoms with Crippen molar-refractivity contribution in [1.82, 2.24) is 15.0 Å². The fourth-order valence-electron chi connectivity index (χ4n) is 1.89. The Kier molecular flexibility index (Phi) is 3.90. The van der Waals surface area contributed by atoms with E-state index in [1.54, 1.807) is 7.11 Å². The van der Waals surface area contributed by atoms with Crippen molar-refractivity contribution in [3.8, 4) is 5.75 Å². The molecule has 0 fully saturated rings. The number of aromatic nitrogens is 2. The molecular weight excluding hydrogens is 248 g/mol. The molecule has 0 spiro atoms. The van der Waals surface area contributed by atoms with Gasteiger partial charge in [-0.1, -0.05) is 22.2 Å². The second-order valence-electron chi connectivity index (χ2n) is 4.07. The van der Waals surface area contributed by atoms with Gasteiger partial charge in [0.1, 0.15) is 5.75 Å². The quantitative estimate of drug-likeness (QED) is 0.649. The number of methoxy groups -OCH3 is 1. The summed E-state index contributed by atoms with van der Waals surface area (Å²) < 4.78 is 9.34. The summed E-state index contributed by atoms with van der Waals surface area (Å²) in [6.07, 6.45) is 0. The number of rotatable bonds is 4. The number of aryl methyl sites for hydroxylation is 2. The van der Waals surface area contributed by atoms with Crippen LogP contribution in [-0.4, -0.2) is 16.7 Å². The Morgan fingerprint density at radius 3 is 2.72 bits per heavy atom. The van der Waals surface area contributed by atoms with Crippen LogP contribution in [0.25, 0.3) is 0 Å². The van der Waals surface area contributed by atoms with Crippen LogP contribution in [0.1, 0.15) is 27.7 Å². The fourth-order valence-corrected chi connectivity index (χ4v) is 2.61. The van der Waals surface area contributed by atoms with Gasteiger partial charge in [0.15, 0.2) is 0 Å². The smallest absolute Gasteiger partial charge is 0.124 e. The molecule has 1 aromatic carbocycles. The minimum Gasteiger partial charge on any atom is -0.496 e. The molecule has 0 aliphatic carbocycles. The van der Waals surface area contributed by atoms with Crippen LogP contribution < -0.4 is 16.0 Å². The van der Waals surface area contributed by atoms with Gasteiger partial charge in [-0.25, -0.2) is 5.43 Å². The van der Waals surface area contributed by atoms with Crippen LogP contribution in [0, 0.1) is 13.8 Å². The molecule has 1 heterocycles. The molecule has 5 nitrogen and oxygen atoms in total. The number of hydrazine groups is 1. The van der Waals surface area contributed by atoms with Crippen LogP contribution in [0.3, 0.4) is 0 Å². The maximum atomic E-state index is 5.68. The maximum absolute atomic E-state index is 5.68. The van der Waals surface area contributed by atoms with Crippen molar-refractivity contribution < 1.29 is 4.74 Å². The summed E-state index contributed by atoms with van der Waals surface area (Å²) in [5.74, 6) is 6.49. The highest BCUT2D eigenvalue weighted by Gasteiger charge is 2.21. The monoisotopic (exact) mass is 264 g/mol. The first-order chi connectivity index (χ1) is 8.67. The molecule has 1 aromatic heterocycles. The predicted molar refractivity (Wildman–Crippen MR) is 71.5 cm³/mol. The van der Waals surface area contributed by atoms with E-state index in [4.69, 9.17) is 10.6 Å². The molecule has 0 saturated heterocycles. The van der Waals surface area contributed by atoms with Crippen molar-refractivity contribution in [3.63, 3.8) is 0 Å². The van der Waals surface area contributed by atoms with Crippen molar-refractivity contribution in [2.24, 2.45) is 5.84 Å². The number of benzene rings is 1. The molecule has 96 valence electrons. The lowest BCUT2D eigenvalue weighted by Crippen LogP contribution is -2.29. The third-order valence-electron chi connectivity index (χ3n) is 2.81. The maximum Gasteiger partial charge on any atom is 0.124 e. The molecule has 1 atom stereocenters. The van der Waals surface area contributed by atoms with Gasteiger partial charge in [0.25, 0.3) is 0 Å². The van der Waals surface area contributed by atoms with Crippen LogP contribution in [0.5, 0.6) is 5.75 Å². The third kappa shape index (κ3) is 2.35. The molecule has 0 bridgehead atoms. The molecule has 0 aliphatic heterocycles. The zero-order chi connectivity index (χ0) is 13.1. The zero-order valence-corrected chi connectivity index (χ0v) is 11.4. The molecule has 0 saturated carbocycles. The van der Waals surface area contributed by atoms with Crippen LogP contribution in [0.4, 0.5) is 0 Å². The third-order valence-corrected chi connectivity index (χ3v) is 3.70. The highest BCUT2D eigenvalue weighted by molar-refractivity contribution is 7.05. The molecule has 2 aromatic rings. The number of nitrogens with two attached hydrogens (primary N) is 1. The first-order valence-corrected chi connectivity index (χ1v) is 6.34. The second kappa shape index (κ2) is 5.43. The molecule has 2 rings (SSSR count). The lowest BCUT2D eigenvalue weighted by molar-refractivity contribution is 0.404. The van der Waals surface area contributed by atoms with E-state index in [1.807, 2.05) is 26.0 Å². The SMILES string of the molecule is COc1ccc(C)cc1C(NN)c1snnc1C. The van der Waals surface area contributed by atoms with Crippen molar-refractivity contribution in [3.05, 3.63) is 39.9 Å². The first kappa shape index (κ1) is 12.9. The summed E-state index contributed by atoms with van der Waals surface area (Å²) in [5, 5.41) is 4.02. The lowest BCUT2D eigenvalue weighted by Gasteiger charge is -2.18. The van der Waals surface area contributed by atoms with Gasteiger partial charge in [0.05, 0.1) is 23.7 Å². The molecule has 1 unspecified atom stereocenters. The summed E-state index contributed by atoms with van der Waals surface area (Å²) in [4.78, 5) is 1.00. The van der Waals surface area contributed by atoms with Gasteiger partial charge in [-0.2, -0.15) is 0 Å². The predicted octanol–water partition coefficient (Wildman–Crippen LogP) is 1.72. The summed E-state index contributed by atoms with van der Waals surface area (Å²) in [5.41, 5.74) is 5.84. The van der Waals surface area contributed by atoms with Gasteiger partial charge in [0, 0.05) is 5.56 Å². The topological polar surface area (TPSA) is 73.1 Å². The molecule has 0 aliphatic rings. The minimum atomic E-state index is -0.153. The normalized spacial score (nSPS) is 12.4. The average molecular weight is 264 g/mol. The van der Waals surface area contributed by atoms with Gasteiger partial charge in [-0.05, 0) is 31.4 Å². The van der Waals surface area contributed by atoms with E-state index in [0.717, 1.165) is 27.4 Å². The van der Waals surface area contributed by atoms with Gasteiger partial charge in [-0.15, -0.1) is 5.10 Å². The molecule has 0 amide bonds. The second-order valence-corrected chi connectivity index (χ2v) is 4.85. The highest BCUT2D eigenvalue weighted by Crippen LogP contribution is 2.32. The van der Waals surface area contributed by atoms with Crippen molar-refractivity contribution in [2.45, 2.75) is 19.9 Å². The van der Waals surface area contributed by atoms with Crippen LogP contribution in [0.15, 0.2) is 18.2 Å². The van der Waals surface area contributed by atoms with E-state index in [1.165, 1.54) is 11.5 Å². The molecule has 0 radical (unpaired) electrons. The number of ether oxygens (including phenoxy) is 1. The fraction of sp³-hybridized carbons (Fsp3) is 0.333. The van der Waals surface area contributed by atoms with E-state index in [9.17, 15) is 0 Å². The Bertz CT molecular complexity index is 541. The minimum absolute atomic E-state index is 0.153. The molecular formula is C12H16N4OS. The van der Waals surface area contributed by atoms with Crippen LogP contribution in [-0.2, 0) is 0 Å². The van der Waals surface area contributed by atoms with Crippen LogP contribution >= 0.6 is 11.5 Å². The average Bonchev–Trinajstić information content (AvgIpc) is 2.77. The van der Waals surface area contributed by atoms with Gasteiger partial charge >= 0.3 is 0 Å². The van der Waals surface area contributed by atoms with Gasteiger partial charge < -0.3 is 4.74 Å². The Balaban J connectivity index is 2.51. The van der Waals surface area contributed by atoms with Crippen molar-refractivity contribution >= 4 is 11.5 Å². The van der Waals surface area contributed by atoms with E-state index in [-0.39, 0.29) is 6.04 Å². The molecule has 3 N–H and O–H groups in total. The highest BCUT2D eigenvalue weighted by atomic mass is 32.1. The Labute approximate surface area is 110 Å².